The average molecular weight is 537 g/mol. The number of carboxylic acid groups (broad SMARTS) is 1. The molecule has 0 radical (unpaired) electrons. The van der Waals surface area contributed by atoms with Crippen LogP contribution in [-0.4, -0.2) is 28.5 Å². The van der Waals surface area contributed by atoms with Gasteiger partial charge >= 0.3 is 5.97 Å². The topological polar surface area (TPSA) is 82.2 Å². The molecule has 0 saturated carbocycles. The molecule has 2 atom stereocenters. The van der Waals surface area contributed by atoms with Gasteiger partial charge in [0, 0.05) is 35.1 Å². The van der Waals surface area contributed by atoms with Crippen LogP contribution in [0, 0.1) is 6.92 Å². The van der Waals surface area contributed by atoms with Gasteiger partial charge in [-0.15, -0.1) is 0 Å². The van der Waals surface area contributed by atoms with E-state index in [1.165, 1.54) is 16.5 Å². The minimum Gasteiger partial charge on any atom is -0.481 e. The van der Waals surface area contributed by atoms with E-state index in [9.17, 15) is 9.59 Å². The van der Waals surface area contributed by atoms with Crippen molar-refractivity contribution in [2.75, 3.05) is 6.54 Å². The first-order valence-corrected chi connectivity index (χ1v) is 13.2. The summed E-state index contributed by atoms with van der Waals surface area (Å²) in [7, 11) is 0. The molecule has 192 valence electrons. The zero-order valence-corrected chi connectivity index (χ0v) is 22.4. The Morgan fingerprint density at radius 3 is 2.38 bits per heavy atom. The van der Waals surface area contributed by atoms with Crippen LogP contribution >= 0.6 is 23.2 Å². The Labute approximate surface area is 226 Å². The molecule has 1 aromatic heterocycles. The number of benzene rings is 3. The molecule has 2 unspecified atom stereocenters. The fraction of sp³-hybridized carbons (Fsp3) is 0.267. The number of hydrogen-bond acceptors (Lipinski definition) is 2. The summed E-state index contributed by atoms with van der Waals surface area (Å²) in [6.45, 7) is 4.35. The third-order valence-corrected chi connectivity index (χ3v) is 7.47. The van der Waals surface area contributed by atoms with Crippen molar-refractivity contribution >= 4 is 46.0 Å². The number of carbonyl (C=O) groups is 2. The van der Waals surface area contributed by atoms with Crippen molar-refractivity contribution in [2.45, 2.75) is 44.9 Å². The highest BCUT2D eigenvalue weighted by molar-refractivity contribution is 6.42. The van der Waals surface area contributed by atoms with Crippen LogP contribution in [0.5, 0.6) is 0 Å². The molecule has 0 saturated heterocycles. The van der Waals surface area contributed by atoms with Crippen LogP contribution in [0.4, 0.5) is 0 Å². The standard InChI is InChI=1S/C30H30Cl2N2O3/c1-3-4-22(19-6-8-20(9-7-19)30(37)33-14-13-28(35)36)29(21-10-11-25(31)26(32)16-21)24-17-34-27-12-5-18(2)15-23(24)27/h5-12,15-17,22,29,34H,3-4,13-14H2,1-2H3,(H,33,37)(H,35,36). The quantitative estimate of drug-likeness (QED) is 0.194. The zero-order chi connectivity index (χ0) is 26.5. The smallest absolute Gasteiger partial charge is 0.305 e. The first-order chi connectivity index (χ1) is 17.8. The van der Waals surface area contributed by atoms with E-state index in [4.69, 9.17) is 28.3 Å². The summed E-state index contributed by atoms with van der Waals surface area (Å²) in [5, 5.41) is 13.7. The van der Waals surface area contributed by atoms with Crippen molar-refractivity contribution in [3.63, 3.8) is 0 Å². The molecule has 0 fully saturated rings. The van der Waals surface area contributed by atoms with Crippen molar-refractivity contribution in [3.8, 4) is 0 Å². The van der Waals surface area contributed by atoms with E-state index in [1.54, 1.807) is 12.1 Å². The van der Waals surface area contributed by atoms with Crippen molar-refractivity contribution in [2.24, 2.45) is 0 Å². The first-order valence-electron chi connectivity index (χ1n) is 12.4. The third kappa shape index (κ3) is 6.17. The molecular weight excluding hydrogens is 507 g/mol. The molecule has 4 rings (SSSR count). The highest BCUT2D eigenvalue weighted by Crippen LogP contribution is 2.45. The Hall–Kier alpha value is -3.28. The lowest BCUT2D eigenvalue weighted by molar-refractivity contribution is -0.136. The predicted octanol–water partition coefficient (Wildman–Crippen LogP) is 7.70. The van der Waals surface area contributed by atoms with Gasteiger partial charge in [0.25, 0.3) is 5.91 Å². The summed E-state index contributed by atoms with van der Waals surface area (Å²) >= 11 is 12.8. The van der Waals surface area contributed by atoms with Crippen molar-refractivity contribution in [3.05, 3.63) is 105 Å². The number of carbonyl (C=O) groups excluding carboxylic acids is 1. The minimum atomic E-state index is -0.945. The van der Waals surface area contributed by atoms with Gasteiger partial charge in [-0.05, 0) is 72.4 Å². The van der Waals surface area contributed by atoms with Crippen LogP contribution in [-0.2, 0) is 4.79 Å². The number of rotatable bonds is 10. The molecule has 1 amide bonds. The zero-order valence-electron chi connectivity index (χ0n) is 20.9. The molecule has 1 heterocycles. The van der Waals surface area contributed by atoms with Crippen molar-refractivity contribution in [1.29, 1.82) is 0 Å². The molecule has 3 N–H and O–H groups in total. The van der Waals surface area contributed by atoms with Gasteiger partial charge in [-0.1, -0.05) is 66.4 Å². The second-order valence-electron chi connectivity index (χ2n) is 9.36. The number of aromatic nitrogens is 1. The summed E-state index contributed by atoms with van der Waals surface area (Å²) in [5.41, 5.74) is 6.14. The van der Waals surface area contributed by atoms with E-state index >= 15 is 0 Å². The Kier molecular flexibility index (Phi) is 8.57. The van der Waals surface area contributed by atoms with Crippen molar-refractivity contribution in [1.82, 2.24) is 10.3 Å². The molecule has 0 bridgehead atoms. The van der Waals surface area contributed by atoms with Crippen LogP contribution in [0.2, 0.25) is 10.0 Å². The maximum Gasteiger partial charge on any atom is 0.305 e. The molecule has 5 nitrogen and oxygen atoms in total. The number of H-pyrrole nitrogens is 1. The van der Waals surface area contributed by atoms with Gasteiger partial charge in [-0.3, -0.25) is 9.59 Å². The highest BCUT2D eigenvalue weighted by Gasteiger charge is 2.29. The largest absolute Gasteiger partial charge is 0.481 e. The minimum absolute atomic E-state index is 0.000472. The van der Waals surface area contributed by atoms with E-state index in [2.05, 4.69) is 48.5 Å². The third-order valence-electron chi connectivity index (χ3n) is 6.73. The first kappa shape index (κ1) is 26.8. The SMILES string of the molecule is CCCC(c1ccc(C(=O)NCCC(=O)O)cc1)C(c1ccc(Cl)c(Cl)c1)c1c[nH]c2ccc(C)cc12. The van der Waals surface area contributed by atoms with Gasteiger partial charge in [-0.2, -0.15) is 0 Å². The molecule has 3 aromatic carbocycles. The number of nitrogens with one attached hydrogen (secondary N) is 2. The number of hydrogen-bond donors (Lipinski definition) is 3. The second-order valence-corrected chi connectivity index (χ2v) is 10.2. The van der Waals surface area contributed by atoms with E-state index in [-0.39, 0.29) is 30.7 Å². The van der Waals surface area contributed by atoms with E-state index in [0.29, 0.717) is 15.6 Å². The maximum atomic E-state index is 12.5. The number of aryl methyl sites for hydroxylation is 1. The molecular formula is C30H30Cl2N2O3. The number of aliphatic carboxylic acids is 1. The molecule has 7 heteroatoms. The maximum absolute atomic E-state index is 12.5. The van der Waals surface area contributed by atoms with Crippen molar-refractivity contribution < 1.29 is 14.7 Å². The van der Waals surface area contributed by atoms with Crippen LogP contribution in [0.1, 0.15) is 70.6 Å². The van der Waals surface area contributed by atoms with Gasteiger partial charge in [0.1, 0.15) is 0 Å². The summed E-state index contributed by atoms with van der Waals surface area (Å²) in [6.07, 6.45) is 3.87. The van der Waals surface area contributed by atoms with Gasteiger partial charge in [0.05, 0.1) is 16.5 Å². The van der Waals surface area contributed by atoms with Crippen LogP contribution in [0.3, 0.4) is 0 Å². The Bertz CT molecular complexity index is 1410. The summed E-state index contributed by atoms with van der Waals surface area (Å²) in [6, 6.07) is 19.9. The molecule has 37 heavy (non-hydrogen) atoms. The van der Waals surface area contributed by atoms with E-state index in [1.807, 2.05) is 30.3 Å². The van der Waals surface area contributed by atoms with Crippen LogP contribution < -0.4 is 5.32 Å². The predicted molar refractivity (Wildman–Crippen MR) is 150 cm³/mol. The lowest BCUT2D eigenvalue weighted by Crippen LogP contribution is -2.26. The van der Waals surface area contributed by atoms with Gasteiger partial charge in [0.15, 0.2) is 0 Å². The van der Waals surface area contributed by atoms with Crippen LogP contribution in [0.15, 0.2) is 66.9 Å². The van der Waals surface area contributed by atoms with Gasteiger partial charge in [0.2, 0.25) is 0 Å². The number of carboxylic acids is 1. The average Bonchev–Trinajstić information content (AvgIpc) is 3.28. The molecule has 0 spiro atoms. The summed E-state index contributed by atoms with van der Waals surface area (Å²) in [4.78, 5) is 26.7. The van der Waals surface area contributed by atoms with E-state index in [0.717, 1.165) is 29.5 Å². The molecule has 4 aromatic rings. The van der Waals surface area contributed by atoms with E-state index < -0.39 is 5.97 Å². The number of halogens is 2. The Morgan fingerprint density at radius 2 is 1.70 bits per heavy atom. The molecule has 0 aliphatic heterocycles. The van der Waals surface area contributed by atoms with Gasteiger partial charge in [-0.25, -0.2) is 0 Å². The van der Waals surface area contributed by atoms with Crippen LogP contribution in [0.25, 0.3) is 10.9 Å². The molecule has 0 aliphatic rings. The Morgan fingerprint density at radius 1 is 0.973 bits per heavy atom. The number of amides is 1. The fourth-order valence-corrected chi connectivity index (χ4v) is 5.26. The highest BCUT2D eigenvalue weighted by atomic mass is 35.5. The normalized spacial score (nSPS) is 12.9. The molecule has 0 aliphatic carbocycles. The number of fused-ring (bicyclic) bond motifs is 1. The summed E-state index contributed by atoms with van der Waals surface area (Å²) < 4.78 is 0. The fourth-order valence-electron chi connectivity index (χ4n) is 4.95. The lowest BCUT2D eigenvalue weighted by atomic mass is 9.75. The summed E-state index contributed by atoms with van der Waals surface area (Å²) in [5.74, 6) is -1.11. The monoisotopic (exact) mass is 536 g/mol. The Balaban J connectivity index is 1.76. The number of aromatic amines is 1. The van der Waals surface area contributed by atoms with Gasteiger partial charge < -0.3 is 15.4 Å². The second kappa shape index (κ2) is 11.8. The lowest BCUT2D eigenvalue weighted by Gasteiger charge is -2.29.